The van der Waals surface area contributed by atoms with E-state index in [1.165, 1.54) is 18.3 Å². The molecule has 2 aromatic heterocycles. The number of nitrogens with zero attached hydrogens (tertiary/aromatic N) is 4. The standard InChI is InChI=1S/C28H30Cl2FN7O2/c1-28(2,3)38-11-9-37(10-12-38)17-5-8-20(21(14-17)40-4)33-26-23-16(15-32-36-27(23)39)13-22(35-26)34-25-19(31)7-6-18(29)24(25)30/h5-8,13-15H,9-12H2,1-4H3,(H,36,39)(H2,33,34,35). The highest BCUT2D eigenvalue weighted by Crippen LogP contribution is 2.37. The van der Waals surface area contributed by atoms with Gasteiger partial charge in [-0.25, -0.2) is 14.5 Å². The number of benzene rings is 2. The van der Waals surface area contributed by atoms with Crippen LogP contribution in [0.5, 0.6) is 5.75 Å². The van der Waals surface area contributed by atoms with E-state index in [-0.39, 0.29) is 38.3 Å². The number of hydrogen-bond acceptors (Lipinski definition) is 8. The molecule has 1 saturated heterocycles. The van der Waals surface area contributed by atoms with Gasteiger partial charge in [-0.05, 0) is 51.1 Å². The summed E-state index contributed by atoms with van der Waals surface area (Å²) in [5.74, 6) is 0.443. The molecule has 1 aliphatic heterocycles. The first kappa shape index (κ1) is 27.9. The summed E-state index contributed by atoms with van der Waals surface area (Å²) in [6, 6.07) is 10.0. The first-order valence-corrected chi connectivity index (χ1v) is 13.5. The second kappa shape index (κ2) is 11.1. The van der Waals surface area contributed by atoms with Gasteiger partial charge >= 0.3 is 0 Å². The molecule has 2 aromatic carbocycles. The van der Waals surface area contributed by atoms with Crippen LogP contribution in [-0.4, -0.2) is 58.9 Å². The lowest BCUT2D eigenvalue weighted by Crippen LogP contribution is -2.53. The third-order valence-corrected chi connectivity index (χ3v) is 7.78. The number of halogens is 3. The van der Waals surface area contributed by atoms with Gasteiger partial charge < -0.3 is 20.3 Å². The second-order valence-corrected chi connectivity index (χ2v) is 11.3. The zero-order valence-electron chi connectivity index (χ0n) is 22.6. The monoisotopic (exact) mass is 585 g/mol. The molecule has 0 atom stereocenters. The third kappa shape index (κ3) is 5.65. The Labute approximate surface area is 241 Å². The number of aromatic amines is 1. The molecule has 9 nitrogen and oxygen atoms in total. The molecule has 12 heteroatoms. The molecule has 0 saturated carbocycles. The van der Waals surface area contributed by atoms with Crippen molar-refractivity contribution in [2.75, 3.05) is 48.8 Å². The number of fused-ring (bicyclic) bond motifs is 1. The van der Waals surface area contributed by atoms with E-state index in [1.54, 1.807) is 13.2 Å². The van der Waals surface area contributed by atoms with Crippen LogP contribution in [0.25, 0.3) is 10.8 Å². The molecule has 0 radical (unpaired) electrons. The zero-order chi connectivity index (χ0) is 28.6. The maximum absolute atomic E-state index is 14.6. The Kier molecular flexibility index (Phi) is 7.76. The van der Waals surface area contributed by atoms with Crippen LogP contribution in [-0.2, 0) is 0 Å². The van der Waals surface area contributed by atoms with E-state index in [4.69, 9.17) is 27.9 Å². The lowest BCUT2D eigenvalue weighted by atomic mass is 10.0. The Morgan fingerprint density at radius 2 is 1.80 bits per heavy atom. The molecule has 3 N–H and O–H groups in total. The number of ether oxygens (including phenoxy) is 1. The van der Waals surface area contributed by atoms with Gasteiger partial charge in [0.05, 0.1) is 40.1 Å². The largest absolute Gasteiger partial charge is 0.494 e. The average Bonchev–Trinajstić information content (AvgIpc) is 2.93. The van der Waals surface area contributed by atoms with E-state index in [2.05, 4.69) is 56.4 Å². The minimum Gasteiger partial charge on any atom is -0.494 e. The lowest BCUT2D eigenvalue weighted by Gasteiger charge is -2.43. The normalized spacial score (nSPS) is 14.4. The van der Waals surface area contributed by atoms with Gasteiger partial charge in [0.1, 0.15) is 23.2 Å². The van der Waals surface area contributed by atoms with Gasteiger partial charge in [-0.15, -0.1) is 0 Å². The fourth-order valence-corrected chi connectivity index (χ4v) is 5.15. The molecule has 0 bridgehead atoms. The van der Waals surface area contributed by atoms with E-state index < -0.39 is 11.4 Å². The van der Waals surface area contributed by atoms with Gasteiger partial charge in [0.2, 0.25) is 0 Å². The number of pyridine rings is 1. The topological polar surface area (TPSA) is 98.4 Å². The van der Waals surface area contributed by atoms with Crippen LogP contribution in [0.4, 0.5) is 33.1 Å². The summed E-state index contributed by atoms with van der Waals surface area (Å²) in [5, 5.41) is 13.4. The highest BCUT2D eigenvalue weighted by atomic mass is 35.5. The number of H-pyrrole nitrogens is 1. The quantitative estimate of drug-likeness (QED) is 0.231. The predicted molar refractivity (Wildman–Crippen MR) is 160 cm³/mol. The van der Waals surface area contributed by atoms with Crippen molar-refractivity contribution in [1.29, 1.82) is 0 Å². The summed E-state index contributed by atoms with van der Waals surface area (Å²) >= 11 is 12.3. The summed E-state index contributed by atoms with van der Waals surface area (Å²) in [7, 11) is 1.59. The maximum Gasteiger partial charge on any atom is 0.275 e. The Morgan fingerprint density at radius 3 is 2.50 bits per heavy atom. The molecular formula is C28H30Cl2FN7O2. The fraction of sp³-hybridized carbons (Fsp3) is 0.321. The highest BCUT2D eigenvalue weighted by molar-refractivity contribution is 6.43. The minimum atomic E-state index is -0.601. The van der Waals surface area contributed by atoms with Gasteiger partial charge in [-0.1, -0.05) is 23.2 Å². The first-order valence-electron chi connectivity index (χ1n) is 12.8. The van der Waals surface area contributed by atoms with Crippen molar-refractivity contribution in [2.45, 2.75) is 26.3 Å². The lowest BCUT2D eigenvalue weighted by molar-refractivity contribution is 0.128. The molecule has 40 heavy (non-hydrogen) atoms. The summed E-state index contributed by atoms with van der Waals surface area (Å²) in [5.41, 5.74) is 1.32. The van der Waals surface area contributed by atoms with Crippen LogP contribution in [0.2, 0.25) is 10.0 Å². The second-order valence-electron chi connectivity index (χ2n) is 10.5. The fourth-order valence-electron chi connectivity index (χ4n) is 4.79. The van der Waals surface area contributed by atoms with E-state index in [0.717, 1.165) is 31.9 Å². The summed E-state index contributed by atoms with van der Waals surface area (Å²) in [6.07, 6.45) is 1.49. The van der Waals surface area contributed by atoms with Crippen LogP contribution in [0.15, 0.2) is 47.4 Å². The summed E-state index contributed by atoms with van der Waals surface area (Å²) in [6.45, 7) is 10.4. The van der Waals surface area contributed by atoms with Crippen molar-refractivity contribution >= 4 is 62.7 Å². The van der Waals surface area contributed by atoms with Crippen molar-refractivity contribution in [1.82, 2.24) is 20.1 Å². The van der Waals surface area contributed by atoms with Crippen LogP contribution < -0.4 is 25.8 Å². The minimum absolute atomic E-state index is 0.0164. The molecule has 210 valence electrons. The molecule has 5 rings (SSSR count). The Balaban J connectivity index is 1.47. The van der Waals surface area contributed by atoms with E-state index in [0.29, 0.717) is 16.8 Å². The first-order chi connectivity index (χ1) is 19.0. The van der Waals surface area contributed by atoms with Gasteiger partial charge in [0, 0.05) is 48.9 Å². The molecule has 3 heterocycles. The third-order valence-electron chi connectivity index (χ3n) is 6.98. The number of piperazine rings is 1. The summed E-state index contributed by atoms with van der Waals surface area (Å²) < 4.78 is 20.3. The van der Waals surface area contributed by atoms with Crippen molar-refractivity contribution in [3.05, 3.63) is 68.8 Å². The van der Waals surface area contributed by atoms with Crippen LogP contribution in [0, 0.1) is 5.82 Å². The SMILES string of the molecule is COc1cc(N2CCN(C(C)(C)C)CC2)ccc1Nc1nc(Nc2c(F)ccc(Cl)c2Cl)cc2cn[nH]c(=O)c12. The molecule has 0 aliphatic carbocycles. The maximum atomic E-state index is 14.6. The average molecular weight is 586 g/mol. The molecule has 0 amide bonds. The van der Waals surface area contributed by atoms with Gasteiger partial charge in [-0.3, -0.25) is 9.69 Å². The Morgan fingerprint density at radius 1 is 1.05 bits per heavy atom. The molecule has 4 aromatic rings. The van der Waals surface area contributed by atoms with Crippen molar-refractivity contribution < 1.29 is 9.13 Å². The number of nitrogens with one attached hydrogen (secondary N) is 3. The van der Waals surface area contributed by atoms with Crippen molar-refractivity contribution in [2.24, 2.45) is 0 Å². The van der Waals surface area contributed by atoms with Crippen molar-refractivity contribution in [3.63, 3.8) is 0 Å². The number of aromatic nitrogens is 3. The van der Waals surface area contributed by atoms with E-state index in [1.807, 2.05) is 18.2 Å². The molecule has 1 aliphatic rings. The Bertz CT molecular complexity index is 1620. The number of hydrogen-bond donors (Lipinski definition) is 3. The number of anilines is 5. The predicted octanol–water partition coefficient (Wildman–Crippen LogP) is 6.18. The van der Waals surface area contributed by atoms with E-state index in [9.17, 15) is 9.18 Å². The Hall–Kier alpha value is -3.60. The molecular weight excluding hydrogens is 556 g/mol. The summed E-state index contributed by atoms with van der Waals surface area (Å²) in [4.78, 5) is 22.1. The number of methoxy groups -OCH3 is 1. The number of rotatable bonds is 6. The van der Waals surface area contributed by atoms with E-state index >= 15 is 0 Å². The van der Waals surface area contributed by atoms with Crippen LogP contribution in [0.3, 0.4) is 0 Å². The molecule has 0 unspecified atom stereocenters. The molecule has 0 spiro atoms. The van der Waals surface area contributed by atoms with Gasteiger partial charge in [0.15, 0.2) is 0 Å². The molecule has 1 fully saturated rings. The van der Waals surface area contributed by atoms with Crippen LogP contribution in [0.1, 0.15) is 20.8 Å². The highest BCUT2D eigenvalue weighted by Gasteiger charge is 2.26. The smallest absolute Gasteiger partial charge is 0.275 e. The van der Waals surface area contributed by atoms with Crippen molar-refractivity contribution in [3.8, 4) is 5.75 Å². The zero-order valence-corrected chi connectivity index (χ0v) is 24.1. The van der Waals surface area contributed by atoms with Gasteiger partial charge in [0.25, 0.3) is 5.56 Å². The van der Waals surface area contributed by atoms with Gasteiger partial charge in [-0.2, -0.15) is 5.10 Å². The van der Waals surface area contributed by atoms with Crippen LogP contribution >= 0.6 is 23.2 Å².